The Morgan fingerprint density at radius 2 is 1.41 bits per heavy atom. The summed E-state index contributed by atoms with van der Waals surface area (Å²) in [5.74, 6) is 0.918. The second-order valence-corrected chi connectivity index (χ2v) is 9.59. The zero-order chi connectivity index (χ0) is 26.9. The summed E-state index contributed by atoms with van der Waals surface area (Å²) >= 11 is 0. The normalized spacial score (nSPS) is 13.9. The molecule has 0 bridgehead atoms. The minimum Gasteiger partial charge on any atom is -0.497 e. The zero-order valence-corrected chi connectivity index (χ0v) is 23.2. The lowest BCUT2D eigenvalue weighted by atomic mass is 10.2. The van der Waals surface area contributed by atoms with Gasteiger partial charge in [-0.15, -0.1) is 0 Å². The van der Waals surface area contributed by atoms with Gasteiger partial charge in [-0.3, -0.25) is 14.2 Å². The fraction of sp³-hybridized carbons (Fsp3) is 0.571. The van der Waals surface area contributed by atoms with Gasteiger partial charge in [0, 0.05) is 46.0 Å². The molecule has 1 aliphatic rings. The van der Waals surface area contributed by atoms with E-state index in [-0.39, 0.29) is 17.5 Å². The third-order valence-electron chi connectivity index (χ3n) is 6.50. The number of aromatic nitrogens is 1. The first-order valence-electron chi connectivity index (χ1n) is 13.2. The number of amides is 2. The third kappa shape index (κ3) is 6.57. The van der Waals surface area contributed by atoms with Crippen molar-refractivity contribution in [2.24, 2.45) is 0 Å². The van der Waals surface area contributed by atoms with E-state index in [0.717, 1.165) is 38.8 Å². The minimum atomic E-state index is -0.264. The number of rotatable bonds is 12. The predicted octanol–water partition coefficient (Wildman–Crippen LogP) is 3.93. The average molecular weight is 515 g/mol. The first kappa shape index (κ1) is 28.4. The van der Waals surface area contributed by atoms with Gasteiger partial charge in [-0.2, -0.15) is 0 Å². The van der Waals surface area contributed by atoms with Crippen LogP contribution in [0.5, 0.6) is 17.2 Å². The Bertz CT molecular complexity index is 1040. The van der Waals surface area contributed by atoms with Crippen LogP contribution in [-0.4, -0.2) is 98.7 Å². The Morgan fingerprint density at radius 3 is 1.89 bits per heavy atom. The van der Waals surface area contributed by atoms with Crippen LogP contribution in [0.3, 0.4) is 0 Å². The van der Waals surface area contributed by atoms with Gasteiger partial charge >= 0.3 is 0 Å². The lowest BCUT2D eigenvalue weighted by molar-refractivity contribution is 0.0651. The van der Waals surface area contributed by atoms with Crippen molar-refractivity contribution in [2.75, 3.05) is 67.6 Å². The zero-order valence-electron chi connectivity index (χ0n) is 23.2. The van der Waals surface area contributed by atoms with Crippen molar-refractivity contribution in [1.82, 2.24) is 19.3 Å². The van der Waals surface area contributed by atoms with Crippen molar-refractivity contribution >= 4 is 11.8 Å². The highest BCUT2D eigenvalue weighted by atomic mass is 16.5. The van der Waals surface area contributed by atoms with E-state index in [9.17, 15) is 9.59 Å². The maximum Gasteiger partial charge on any atom is 0.274 e. The molecule has 204 valence electrons. The summed E-state index contributed by atoms with van der Waals surface area (Å²) in [5.41, 5.74) is 1.27. The van der Waals surface area contributed by atoms with Crippen molar-refractivity contribution < 1.29 is 23.8 Å². The number of carbonyl (C=O) groups is 2. The molecule has 2 heterocycles. The van der Waals surface area contributed by atoms with Gasteiger partial charge in [-0.05, 0) is 44.2 Å². The number of benzene rings is 1. The van der Waals surface area contributed by atoms with Crippen molar-refractivity contribution in [2.45, 2.75) is 39.5 Å². The van der Waals surface area contributed by atoms with Gasteiger partial charge in [0.25, 0.3) is 11.8 Å². The summed E-state index contributed by atoms with van der Waals surface area (Å²) in [6, 6.07) is 7.33. The van der Waals surface area contributed by atoms with Crippen molar-refractivity contribution in [3.05, 3.63) is 35.7 Å². The highest BCUT2D eigenvalue weighted by molar-refractivity contribution is 6.04. The molecule has 1 aliphatic heterocycles. The van der Waals surface area contributed by atoms with Crippen LogP contribution in [0.25, 0.3) is 5.69 Å². The van der Waals surface area contributed by atoms with Gasteiger partial charge in [0.2, 0.25) is 0 Å². The molecule has 2 amide bonds. The maximum absolute atomic E-state index is 14.2. The summed E-state index contributed by atoms with van der Waals surface area (Å²) in [4.78, 5) is 33.4. The third-order valence-corrected chi connectivity index (χ3v) is 6.50. The van der Waals surface area contributed by atoms with Gasteiger partial charge in [-0.1, -0.05) is 26.7 Å². The molecule has 0 N–H and O–H groups in total. The Balaban J connectivity index is 2.28. The van der Waals surface area contributed by atoms with Crippen LogP contribution in [0.2, 0.25) is 0 Å². The molecule has 1 aromatic heterocycles. The highest BCUT2D eigenvalue weighted by Crippen LogP contribution is 2.42. The fourth-order valence-electron chi connectivity index (χ4n) is 4.18. The Hall–Kier alpha value is -3.20. The molecule has 0 spiro atoms. The van der Waals surface area contributed by atoms with Gasteiger partial charge in [0.15, 0.2) is 22.9 Å². The smallest absolute Gasteiger partial charge is 0.274 e. The Labute approximate surface area is 220 Å². The summed E-state index contributed by atoms with van der Waals surface area (Å²) in [6.45, 7) is 7.77. The van der Waals surface area contributed by atoms with Crippen LogP contribution < -0.4 is 14.2 Å². The van der Waals surface area contributed by atoms with E-state index < -0.39 is 0 Å². The van der Waals surface area contributed by atoms with Gasteiger partial charge in [0.1, 0.15) is 5.75 Å². The average Bonchev–Trinajstić information content (AvgIpc) is 3.22. The Kier molecular flexibility index (Phi) is 10.3. The highest BCUT2D eigenvalue weighted by Gasteiger charge is 2.37. The summed E-state index contributed by atoms with van der Waals surface area (Å²) < 4.78 is 19.6. The van der Waals surface area contributed by atoms with Crippen molar-refractivity contribution in [3.63, 3.8) is 0 Å². The standard InChI is InChI=1S/C28H42N4O5/c1-7-9-19-36-25-23(27(33)29(3)4)32(21-11-13-22(35-6)14-12-21)24(26(25)37-20-10-8-2)28(34)31-17-15-30(5)16-18-31/h11-14H,7-10,15-20H2,1-6H3. The fourth-order valence-corrected chi connectivity index (χ4v) is 4.18. The first-order valence-corrected chi connectivity index (χ1v) is 13.2. The quantitative estimate of drug-likeness (QED) is 0.400. The number of nitrogens with zero attached hydrogens (tertiary/aromatic N) is 4. The Morgan fingerprint density at radius 1 is 0.865 bits per heavy atom. The van der Waals surface area contributed by atoms with Crippen molar-refractivity contribution in [3.8, 4) is 22.9 Å². The van der Waals surface area contributed by atoms with Crippen LogP contribution in [0, 0.1) is 0 Å². The number of methoxy groups -OCH3 is 1. The van der Waals surface area contributed by atoms with Crippen LogP contribution in [0.4, 0.5) is 0 Å². The largest absolute Gasteiger partial charge is 0.497 e. The van der Waals surface area contributed by atoms with E-state index in [0.29, 0.717) is 54.9 Å². The molecular weight excluding hydrogens is 472 g/mol. The van der Waals surface area contributed by atoms with Crippen LogP contribution >= 0.6 is 0 Å². The molecular formula is C28H42N4O5. The van der Waals surface area contributed by atoms with Crippen LogP contribution in [0.1, 0.15) is 60.5 Å². The molecule has 1 fully saturated rings. The van der Waals surface area contributed by atoms with E-state index in [1.54, 1.807) is 25.8 Å². The molecule has 1 aromatic carbocycles. The molecule has 2 aromatic rings. The number of hydrogen-bond acceptors (Lipinski definition) is 6. The molecule has 3 rings (SSSR count). The second-order valence-electron chi connectivity index (χ2n) is 9.59. The summed E-state index contributed by atoms with van der Waals surface area (Å²) in [7, 11) is 7.05. The molecule has 9 nitrogen and oxygen atoms in total. The maximum atomic E-state index is 14.2. The van der Waals surface area contributed by atoms with Gasteiger partial charge in [-0.25, -0.2) is 0 Å². The summed E-state index contributed by atoms with van der Waals surface area (Å²) in [6.07, 6.45) is 3.52. The monoisotopic (exact) mass is 514 g/mol. The van der Waals surface area contributed by atoms with E-state index in [2.05, 4.69) is 25.8 Å². The SMILES string of the molecule is CCCCOc1c(OCCCC)c(C(=O)N2CCN(C)CC2)n(-c2ccc(OC)cc2)c1C(=O)N(C)C. The lowest BCUT2D eigenvalue weighted by Gasteiger charge is -2.32. The van der Waals surface area contributed by atoms with Crippen LogP contribution in [0.15, 0.2) is 24.3 Å². The topological polar surface area (TPSA) is 76.5 Å². The number of unbranched alkanes of at least 4 members (excludes halogenated alkanes) is 2. The molecule has 0 radical (unpaired) electrons. The molecule has 9 heteroatoms. The molecule has 0 aliphatic carbocycles. The minimum absolute atomic E-state index is 0.173. The number of ether oxygens (including phenoxy) is 3. The number of piperazine rings is 1. The number of carbonyl (C=O) groups excluding carboxylic acids is 2. The molecule has 0 saturated carbocycles. The molecule has 1 saturated heterocycles. The van der Waals surface area contributed by atoms with Gasteiger partial charge < -0.3 is 28.9 Å². The molecule has 0 atom stereocenters. The van der Waals surface area contributed by atoms with Crippen LogP contribution in [-0.2, 0) is 0 Å². The second kappa shape index (κ2) is 13.4. The van der Waals surface area contributed by atoms with E-state index in [4.69, 9.17) is 14.2 Å². The van der Waals surface area contributed by atoms with E-state index >= 15 is 0 Å². The number of hydrogen-bond donors (Lipinski definition) is 0. The predicted molar refractivity (Wildman–Crippen MR) is 145 cm³/mol. The van der Waals surface area contributed by atoms with E-state index in [1.807, 2.05) is 29.2 Å². The molecule has 0 unspecified atom stereocenters. The lowest BCUT2D eigenvalue weighted by Crippen LogP contribution is -2.47. The number of likely N-dealkylation sites (N-methyl/N-ethyl adjacent to an activating group) is 1. The van der Waals surface area contributed by atoms with Crippen molar-refractivity contribution in [1.29, 1.82) is 0 Å². The molecule has 37 heavy (non-hydrogen) atoms. The van der Waals surface area contributed by atoms with Gasteiger partial charge in [0.05, 0.1) is 20.3 Å². The van der Waals surface area contributed by atoms with E-state index in [1.165, 1.54) is 4.90 Å². The summed E-state index contributed by atoms with van der Waals surface area (Å²) in [5, 5.41) is 0. The first-order chi connectivity index (χ1) is 17.8.